The van der Waals surface area contributed by atoms with Gasteiger partial charge >= 0.3 is 0 Å². The van der Waals surface area contributed by atoms with Crippen molar-refractivity contribution in [2.24, 2.45) is 0 Å². The molecular weight excluding hydrogens is 270 g/mol. The summed E-state index contributed by atoms with van der Waals surface area (Å²) in [5.41, 5.74) is 6.49. The molecule has 0 aliphatic heterocycles. The minimum atomic E-state index is -0.262. The van der Waals surface area contributed by atoms with E-state index in [4.69, 9.17) is 17.3 Å². The predicted octanol–water partition coefficient (Wildman–Crippen LogP) is 3.42. The molecule has 1 heterocycles. The van der Waals surface area contributed by atoms with Crippen LogP contribution in [0.4, 0.5) is 5.00 Å². The summed E-state index contributed by atoms with van der Waals surface area (Å²) in [4.78, 5) is 24.0. The lowest BCUT2D eigenvalue weighted by Crippen LogP contribution is -2.03. The molecule has 2 N–H and O–H groups in total. The first-order chi connectivity index (χ1) is 8.50. The number of carbonyl (C=O) groups excluding carboxylic acids is 2. The van der Waals surface area contributed by atoms with Crippen molar-refractivity contribution in [2.75, 3.05) is 5.73 Å². The molecule has 0 bridgehead atoms. The minimum absolute atomic E-state index is 0.107. The second-order valence-electron chi connectivity index (χ2n) is 3.75. The quantitative estimate of drug-likeness (QED) is 0.876. The van der Waals surface area contributed by atoms with E-state index in [9.17, 15) is 9.59 Å². The second kappa shape index (κ2) is 4.92. The van der Waals surface area contributed by atoms with Gasteiger partial charge in [0.05, 0.1) is 20.5 Å². The molecule has 1 aromatic carbocycles. The number of rotatable bonds is 3. The SMILES string of the molecule is CC(=O)c1cc(C(=O)c2ccccc2Cl)c(N)s1. The maximum absolute atomic E-state index is 12.3. The lowest BCUT2D eigenvalue weighted by molar-refractivity contribution is 0.102. The summed E-state index contributed by atoms with van der Waals surface area (Å²) >= 11 is 7.08. The van der Waals surface area contributed by atoms with Gasteiger partial charge in [-0.15, -0.1) is 11.3 Å². The van der Waals surface area contributed by atoms with E-state index in [0.717, 1.165) is 11.3 Å². The molecule has 0 spiro atoms. The number of Topliss-reactive ketones (excluding diaryl/α,β-unsaturated/α-hetero) is 1. The molecule has 0 unspecified atom stereocenters. The van der Waals surface area contributed by atoms with Gasteiger partial charge in [-0.2, -0.15) is 0 Å². The topological polar surface area (TPSA) is 60.2 Å². The molecule has 0 aliphatic rings. The molecule has 0 atom stereocenters. The molecule has 5 heteroatoms. The molecule has 0 fully saturated rings. The zero-order valence-electron chi connectivity index (χ0n) is 9.57. The summed E-state index contributed by atoms with van der Waals surface area (Å²) in [6.07, 6.45) is 0. The number of carbonyl (C=O) groups is 2. The molecular formula is C13H10ClNO2S. The normalized spacial score (nSPS) is 10.3. The third kappa shape index (κ3) is 2.30. The van der Waals surface area contributed by atoms with Crippen LogP contribution in [0.2, 0.25) is 5.02 Å². The van der Waals surface area contributed by atoms with Crippen LogP contribution in [0.5, 0.6) is 0 Å². The van der Waals surface area contributed by atoms with Gasteiger partial charge in [0.1, 0.15) is 0 Å². The van der Waals surface area contributed by atoms with Gasteiger partial charge in [0.15, 0.2) is 11.6 Å². The molecule has 0 amide bonds. The summed E-state index contributed by atoms with van der Waals surface area (Å²) in [7, 11) is 0. The van der Waals surface area contributed by atoms with Gasteiger partial charge in [-0.05, 0) is 25.1 Å². The maximum Gasteiger partial charge on any atom is 0.197 e. The standard InChI is InChI=1S/C13H10ClNO2S/c1-7(16)11-6-9(13(15)18-11)12(17)8-4-2-3-5-10(8)14/h2-6H,15H2,1H3. The highest BCUT2D eigenvalue weighted by Crippen LogP contribution is 2.29. The maximum atomic E-state index is 12.3. The van der Waals surface area contributed by atoms with E-state index in [1.165, 1.54) is 13.0 Å². The van der Waals surface area contributed by atoms with Crippen LogP contribution in [0, 0.1) is 0 Å². The molecule has 0 radical (unpaired) electrons. The third-order valence-corrected chi connectivity index (χ3v) is 3.87. The van der Waals surface area contributed by atoms with Crippen LogP contribution < -0.4 is 5.73 Å². The van der Waals surface area contributed by atoms with Gasteiger partial charge in [0, 0.05) is 5.56 Å². The molecule has 1 aromatic heterocycles. The Morgan fingerprint density at radius 3 is 2.44 bits per heavy atom. The summed E-state index contributed by atoms with van der Waals surface area (Å²) < 4.78 is 0. The van der Waals surface area contributed by atoms with E-state index in [1.807, 2.05) is 0 Å². The summed E-state index contributed by atoms with van der Waals surface area (Å²) in [6.45, 7) is 1.44. The van der Waals surface area contributed by atoms with Crippen molar-refractivity contribution in [3.8, 4) is 0 Å². The van der Waals surface area contributed by atoms with Gasteiger partial charge in [-0.3, -0.25) is 9.59 Å². The van der Waals surface area contributed by atoms with Gasteiger partial charge in [-0.1, -0.05) is 23.7 Å². The van der Waals surface area contributed by atoms with Crippen LogP contribution in [0.1, 0.15) is 32.5 Å². The van der Waals surface area contributed by atoms with Crippen molar-refractivity contribution in [3.63, 3.8) is 0 Å². The van der Waals surface area contributed by atoms with Crippen LogP contribution in [0.15, 0.2) is 30.3 Å². The van der Waals surface area contributed by atoms with Crippen molar-refractivity contribution in [3.05, 3.63) is 51.4 Å². The number of nitrogens with two attached hydrogens (primary N) is 1. The van der Waals surface area contributed by atoms with E-state index in [0.29, 0.717) is 26.0 Å². The van der Waals surface area contributed by atoms with Gasteiger partial charge in [0.2, 0.25) is 0 Å². The second-order valence-corrected chi connectivity index (χ2v) is 5.24. The van der Waals surface area contributed by atoms with Crippen molar-refractivity contribution >= 4 is 39.5 Å². The van der Waals surface area contributed by atoms with Crippen LogP contribution in [-0.2, 0) is 0 Å². The largest absolute Gasteiger partial charge is 0.390 e. The van der Waals surface area contributed by atoms with Crippen molar-refractivity contribution in [1.29, 1.82) is 0 Å². The Labute approximate surface area is 113 Å². The predicted molar refractivity (Wildman–Crippen MR) is 73.6 cm³/mol. The monoisotopic (exact) mass is 279 g/mol. The number of ketones is 2. The van der Waals surface area contributed by atoms with E-state index in [-0.39, 0.29) is 11.6 Å². The molecule has 2 aromatic rings. The number of benzene rings is 1. The Bertz CT molecular complexity index is 634. The van der Waals surface area contributed by atoms with Crippen LogP contribution in [0.3, 0.4) is 0 Å². The zero-order valence-corrected chi connectivity index (χ0v) is 11.1. The lowest BCUT2D eigenvalue weighted by Gasteiger charge is -2.01. The van der Waals surface area contributed by atoms with E-state index in [2.05, 4.69) is 0 Å². The first kappa shape index (κ1) is 12.8. The van der Waals surface area contributed by atoms with Crippen molar-refractivity contribution < 1.29 is 9.59 Å². The molecule has 0 saturated carbocycles. The molecule has 0 saturated heterocycles. The highest BCUT2D eigenvalue weighted by Gasteiger charge is 2.19. The minimum Gasteiger partial charge on any atom is -0.390 e. The van der Waals surface area contributed by atoms with Crippen molar-refractivity contribution in [1.82, 2.24) is 0 Å². The zero-order chi connectivity index (χ0) is 13.3. The fourth-order valence-electron chi connectivity index (χ4n) is 1.55. The average molecular weight is 280 g/mol. The lowest BCUT2D eigenvalue weighted by atomic mass is 10.0. The average Bonchev–Trinajstić information content (AvgIpc) is 2.71. The van der Waals surface area contributed by atoms with E-state index in [1.54, 1.807) is 24.3 Å². The van der Waals surface area contributed by atoms with Crippen LogP contribution in [-0.4, -0.2) is 11.6 Å². The van der Waals surface area contributed by atoms with Gasteiger partial charge in [-0.25, -0.2) is 0 Å². The number of hydrogen-bond acceptors (Lipinski definition) is 4. The Balaban J connectivity index is 2.47. The summed E-state index contributed by atoms with van der Waals surface area (Å²) in [6, 6.07) is 8.27. The highest BCUT2D eigenvalue weighted by atomic mass is 35.5. The fraction of sp³-hybridized carbons (Fsp3) is 0.0769. The molecule has 2 rings (SSSR count). The third-order valence-electron chi connectivity index (χ3n) is 2.47. The van der Waals surface area contributed by atoms with Crippen LogP contribution in [0.25, 0.3) is 0 Å². The first-order valence-electron chi connectivity index (χ1n) is 5.20. The summed E-state index contributed by atoms with van der Waals surface area (Å²) in [5, 5.41) is 0.711. The molecule has 18 heavy (non-hydrogen) atoms. The summed E-state index contributed by atoms with van der Waals surface area (Å²) in [5.74, 6) is -0.369. The molecule has 92 valence electrons. The fourth-order valence-corrected chi connectivity index (χ4v) is 2.59. The number of halogens is 1. The first-order valence-corrected chi connectivity index (χ1v) is 6.39. The van der Waals surface area contributed by atoms with Gasteiger partial charge < -0.3 is 5.73 Å². The highest BCUT2D eigenvalue weighted by molar-refractivity contribution is 7.18. The van der Waals surface area contributed by atoms with Crippen LogP contribution >= 0.6 is 22.9 Å². The number of nitrogen functional groups attached to an aromatic ring is 1. The van der Waals surface area contributed by atoms with E-state index < -0.39 is 0 Å². The van der Waals surface area contributed by atoms with Gasteiger partial charge in [0.25, 0.3) is 0 Å². The molecule has 0 aliphatic carbocycles. The number of thiophene rings is 1. The number of hydrogen-bond donors (Lipinski definition) is 1. The Hall–Kier alpha value is -1.65. The smallest absolute Gasteiger partial charge is 0.197 e. The Morgan fingerprint density at radius 1 is 1.22 bits per heavy atom. The number of anilines is 1. The Kier molecular flexibility index (Phi) is 3.50. The van der Waals surface area contributed by atoms with Crippen molar-refractivity contribution in [2.45, 2.75) is 6.92 Å². The molecule has 3 nitrogen and oxygen atoms in total. The van der Waals surface area contributed by atoms with E-state index >= 15 is 0 Å². The Morgan fingerprint density at radius 2 is 1.89 bits per heavy atom.